The number of halogens is 1. The van der Waals surface area contributed by atoms with Crippen molar-refractivity contribution in [2.24, 2.45) is 0 Å². The van der Waals surface area contributed by atoms with Gasteiger partial charge in [0.1, 0.15) is 6.54 Å². The van der Waals surface area contributed by atoms with Crippen LogP contribution in [0.15, 0.2) is 24.4 Å². The van der Waals surface area contributed by atoms with Gasteiger partial charge < -0.3 is 4.90 Å². The van der Waals surface area contributed by atoms with Crippen molar-refractivity contribution in [2.75, 3.05) is 6.54 Å². The summed E-state index contributed by atoms with van der Waals surface area (Å²) in [6.07, 6.45) is 3.74. The van der Waals surface area contributed by atoms with Gasteiger partial charge in [0.25, 0.3) is 0 Å². The molecule has 2 aromatic rings. The number of pyridine rings is 1. The fraction of sp³-hybridized carbons (Fsp3) is 0.438. The predicted molar refractivity (Wildman–Crippen MR) is 84.6 cm³/mol. The first-order valence-electron chi connectivity index (χ1n) is 7.48. The van der Waals surface area contributed by atoms with Gasteiger partial charge >= 0.3 is 0 Å². The number of aromatic nitrogens is 3. The Morgan fingerprint density at radius 3 is 2.86 bits per heavy atom. The molecule has 0 radical (unpaired) electrons. The molecule has 0 unspecified atom stereocenters. The number of carbonyl (C=O) groups excluding carboxylic acids is 1. The number of amides is 1. The van der Waals surface area contributed by atoms with Crippen molar-refractivity contribution >= 4 is 17.5 Å². The van der Waals surface area contributed by atoms with Gasteiger partial charge in [-0.05, 0) is 38.8 Å². The summed E-state index contributed by atoms with van der Waals surface area (Å²) in [6, 6.07) is 5.91. The number of carbonyl (C=O) groups is 1. The molecule has 1 aliphatic heterocycles. The van der Waals surface area contributed by atoms with Crippen LogP contribution in [0.4, 0.5) is 0 Å². The quantitative estimate of drug-likeness (QED) is 0.874. The minimum absolute atomic E-state index is 0.0652. The van der Waals surface area contributed by atoms with Gasteiger partial charge in [-0.2, -0.15) is 5.10 Å². The number of likely N-dealkylation sites (tertiary alicyclic amines) is 1. The molecule has 1 aliphatic rings. The molecule has 0 bridgehead atoms. The van der Waals surface area contributed by atoms with E-state index in [1.54, 1.807) is 10.9 Å². The van der Waals surface area contributed by atoms with E-state index in [1.165, 1.54) is 0 Å². The van der Waals surface area contributed by atoms with Crippen LogP contribution in [0.5, 0.6) is 0 Å². The molecule has 0 saturated carbocycles. The summed E-state index contributed by atoms with van der Waals surface area (Å²) in [5, 5.41) is 4.98. The summed E-state index contributed by atoms with van der Waals surface area (Å²) in [4.78, 5) is 19.0. The summed E-state index contributed by atoms with van der Waals surface area (Å²) >= 11 is 6.15. The van der Waals surface area contributed by atoms with E-state index in [0.29, 0.717) is 5.02 Å². The molecule has 0 aliphatic carbocycles. The first kappa shape index (κ1) is 15.0. The summed E-state index contributed by atoms with van der Waals surface area (Å²) in [6.45, 7) is 4.73. The van der Waals surface area contributed by atoms with E-state index in [4.69, 9.17) is 11.6 Å². The second kappa shape index (κ2) is 6.08. The highest BCUT2D eigenvalue weighted by Gasteiger charge is 2.31. The number of rotatable bonds is 3. The Balaban J connectivity index is 1.78. The van der Waals surface area contributed by atoms with Gasteiger partial charge in [-0.1, -0.05) is 17.7 Å². The Bertz CT molecular complexity index is 683. The Labute approximate surface area is 134 Å². The lowest BCUT2D eigenvalue weighted by atomic mass is 10.1. The van der Waals surface area contributed by atoms with Crippen LogP contribution in [0.2, 0.25) is 5.02 Å². The Morgan fingerprint density at radius 1 is 1.41 bits per heavy atom. The molecule has 0 aromatic carbocycles. The highest BCUT2D eigenvalue weighted by atomic mass is 35.5. The van der Waals surface area contributed by atoms with Crippen molar-refractivity contribution in [3.63, 3.8) is 0 Å². The third kappa shape index (κ3) is 2.73. The largest absolute Gasteiger partial charge is 0.332 e. The van der Waals surface area contributed by atoms with E-state index < -0.39 is 0 Å². The van der Waals surface area contributed by atoms with Crippen molar-refractivity contribution in [1.29, 1.82) is 0 Å². The zero-order valence-electron chi connectivity index (χ0n) is 12.8. The third-order valence-electron chi connectivity index (χ3n) is 4.18. The molecule has 1 atom stereocenters. The minimum Gasteiger partial charge on any atom is -0.332 e. The number of hydrogen-bond donors (Lipinski definition) is 0. The first-order valence-corrected chi connectivity index (χ1v) is 7.85. The lowest BCUT2D eigenvalue weighted by molar-refractivity contribution is -0.133. The van der Waals surface area contributed by atoms with Crippen LogP contribution < -0.4 is 0 Å². The van der Waals surface area contributed by atoms with Gasteiger partial charge in [-0.3, -0.25) is 14.5 Å². The molecule has 0 N–H and O–H groups in total. The molecular formula is C16H19ClN4O. The number of hydrogen-bond acceptors (Lipinski definition) is 3. The van der Waals surface area contributed by atoms with E-state index in [1.807, 2.05) is 36.9 Å². The normalized spacial score (nSPS) is 18.0. The fourth-order valence-electron chi connectivity index (χ4n) is 2.99. The molecular weight excluding hydrogens is 300 g/mol. The highest BCUT2D eigenvalue weighted by molar-refractivity contribution is 6.31. The van der Waals surface area contributed by atoms with Crippen LogP contribution in [-0.2, 0) is 11.3 Å². The summed E-state index contributed by atoms with van der Waals surface area (Å²) in [5.41, 5.74) is 2.55. The average Bonchev–Trinajstić information content (AvgIpc) is 3.10. The monoisotopic (exact) mass is 318 g/mol. The number of nitrogens with zero attached hydrogens (tertiary/aromatic N) is 4. The highest BCUT2D eigenvalue weighted by Crippen LogP contribution is 2.31. The van der Waals surface area contributed by atoms with Gasteiger partial charge in [0.05, 0.1) is 28.1 Å². The molecule has 3 heterocycles. The zero-order chi connectivity index (χ0) is 15.7. The third-order valence-corrected chi connectivity index (χ3v) is 4.73. The summed E-state index contributed by atoms with van der Waals surface area (Å²) in [5.74, 6) is 0.0652. The molecule has 5 nitrogen and oxygen atoms in total. The molecule has 2 aromatic heterocycles. The second-order valence-corrected chi connectivity index (χ2v) is 6.02. The van der Waals surface area contributed by atoms with Crippen LogP contribution in [0.3, 0.4) is 0 Å². The van der Waals surface area contributed by atoms with Crippen LogP contribution in [0.25, 0.3) is 0 Å². The van der Waals surface area contributed by atoms with Crippen molar-refractivity contribution in [3.05, 3.63) is 46.5 Å². The van der Waals surface area contributed by atoms with Crippen molar-refractivity contribution in [3.8, 4) is 0 Å². The topological polar surface area (TPSA) is 51.0 Å². The van der Waals surface area contributed by atoms with E-state index in [2.05, 4.69) is 10.1 Å². The maximum atomic E-state index is 12.7. The van der Waals surface area contributed by atoms with E-state index >= 15 is 0 Å². The Morgan fingerprint density at radius 2 is 2.23 bits per heavy atom. The molecule has 22 heavy (non-hydrogen) atoms. The lowest BCUT2D eigenvalue weighted by Gasteiger charge is -2.24. The Hall–Kier alpha value is -1.88. The standard InChI is InChI=1S/C16H19ClN4O/c1-11-16(17)12(2)21(19-11)10-15(22)20-9-5-7-14(20)13-6-3-4-8-18-13/h3-4,6,8,14H,5,7,9-10H2,1-2H3/t14-/m1/s1. The van der Waals surface area contributed by atoms with Gasteiger partial charge in [0.15, 0.2) is 0 Å². The van der Waals surface area contributed by atoms with Crippen LogP contribution >= 0.6 is 11.6 Å². The van der Waals surface area contributed by atoms with E-state index in [-0.39, 0.29) is 18.5 Å². The van der Waals surface area contributed by atoms with Crippen LogP contribution in [0, 0.1) is 13.8 Å². The van der Waals surface area contributed by atoms with E-state index in [9.17, 15) is 4.79 Å². The van der Waals surface area contributed by atoms with Crippen molar-refractivity contribution in [1.82, 2.24) is 19.7 Å². The molecule has 1 fully saturated rings. The molecule has 3 rings (SSSR count). The molecule has 1 amide bonds. The minimum atomic E-state index is 0.0652. The van der Waals surface area contributed by atoms with Crippen LogP contribution in [0.1, 0.15) is 36.0 Å². The van der Waals surface area contributed by atoms with Gasteiger partial charge in [0, 0.05) is 12.7 Å². The lowest BCUT2D eigenvalue weighted by Crippen LogP contribution is -2.34. The van der Waals surface area contributed by atoms with Gasteiger partial charge in [-0.25, -0.2) is 0 Å². The van der Waals surface area contributed by atoms with Crippen LogP contribution in [-0.4, -0.2) is 32.1 Å². The van der Waals surface area contributed by atoms with E-state index in [0.717, 1.165) is 36.5 Å². The maximum absolute atomic E-state index is 12.7. The maximum Gasteiger partial charge on any atom is 0.244 e. The predicted octanol–water partition coefficient (Wildman–Crippen LogP) is 2.91. The SMILES string of the molecule is Cc1nn(CC(=O)N2CCC[C@@H]2c2ccccn2)c(C)c1Cl. The van der Waals surface area contributed by atoms with Crippen molar-refractivity contribution in [2.45, 2.75) is 39.3 Å². The first-order chi connectivity index (χ1) is 10.6. The average molecular weight is 319 g/mol. The fourth-order valence-corrected chi connectivity index (χ4v) is 3.13. The Kier molecular flexibility index (Phi) is 4.16. The number of aryl methyl sites for hydroxylation is 1. The summed E-state index contributed by atoms with van der Waals surface area (Å²) < 4.78 is 1.69. The molecule has 116 valence electrons. The molecule has 1 saturated heterocycles. The smallest absolute Gasteiger partial charge is 0.244 e. The summed E-state index contributed by atoms with van der Waals surface area (Å²) in [7, 11) is 0. The van der Waals surface area contributed by atoms with Gasteiger partial charge in [-0.15, -0.1) is 0 Å². The second-order valence-electron chi connectivity index (χ2n) is 5.64. The molecule has 6 heteroatoms. The zero-order valence-corrected chi connectivity index (χ0v) is 13.5. The van der Waals surface area contributed by atoms with Crippen molar-refractivity contribution < 1.29 is 4.79 Å². The molecule has 0 spiro atoms. The van der Waals surface area contributed by atoms with Gasteiger partial charge in [0.2, 0.25) is 5.91 Å².